The molecular formula is C11H21N3O2S. The minimum Gasteiger partial charge on any atom is -0.315 e. The summed E-state index contributed by atoms with van der Waals surface area (Å²) in [6, 6.07) is 0.298. The number of hydrogen-bond donors (Lipinski definition) is 1. The molecule has 0 bridgehead atoms. The average Bonchev–Trinajstić information content (AvgIpc) is 2.73. The van der Waals surface area contributed by atoms with Gasteiger partial charge in [-0.1, -0.05) is 20.3 Å². The lowest BCUT2D eigenvalue weighted by atomic mass is 9.99. The van der Waals surface area contributed by atoms with Crippen LogP contribution in [-0.4, -0.2) is 37.5 Å². The van der Waals surface area contributed by atoms with Crippen molar-refractivity contribution in [2.75, 3.05) is 13.3 Å². The van der Waals surface area contributed by atoms with Gasteiger partial charge in [-0.05, 0) is 13.0 Å². The number of rotatable bonds is 6. The van der Waals surface area contributed by atoms with E-state index in [0.29, 0.717) is 18.5 Å². The average molecular weight is 259 g/mol. The molecule has 0 saturated carbocycles. The quantitative estimate of drug-likeness (QED) is 0.825. The fourth-order valence-electron chi connectivity index (χ4n) is 1.68. The van der Waals surface area contributed by atoms with Crippen LogP contribution in [0.25, 0.3) is 0 Å². The number of likely N-dealkylation sites (N-methyl/N-ethyl adjacent to an activating group) is 1. The Morgan fingerprint density at radius 1 is 1.53 bits per heavy atom. The van der Waals surface area contributed by atoms with Gasteiger partial charge >= 0.3 is 0 Å². The number of sulfone groups is 1. The van der Waals surface area contributed by atoms with Crippen LogP contribution in [0.1, 0.15) is 20.3 Å². The van der Waals surface area contributed by atoms with Gasteiger partial charge in [0, 0.05) is 18.5 Å². The molecule has 1 heterocycles. The first-order chi connectivity index (χ1) is 7.88. The van der Waals surface area contributed by atoms with E-state index in [-0.39, 0.29) is 4.90 Å². The van der Waals surface area contributed by atoms with Gasteiger partial charge in [-0.2, -0.15) is 5.10 Å². The van der Waals surface area contributed by atoms with Gasteiger partial charge in [0.2, 0.25) is 0 Å². The first-order valence-electron chi connectivity index (χ1n) is 5.78. The molecule has 0 aromatic carbocycles. The van der Waals surface area contributed by atoms with E-state index in [1.54, 1.807) is 10.9 Å². The van der Waals surface area contributed by atoms with Crippen LogP contribution in [0.5, 0.6) is 0 Å². The molecule has 5 nitrogen and oxygen atoms in total. The molecule has 2 atom stereocenters. The molecule has 17 heavy (non-hydrogen) atoms. The highest BCUT2D eigenvalue weighted by atomic mass is 32.2. The summed E-state index contributed by atoms with van der Waals surface area (Å²) in [5.41, 5.74) is 0. The van der Waals surface area contributed by atoms with Crippen molar-refractivity contribution in [1.82, 2.24) is 15.1 Å². The molecule has 0 aliphatic heterocycles. The van der Waals surface area contributed by atoms with E-state index in [1.165, 1.54) is 12.5 Å². The summed E-state index contributed by atoms with van der Waals surface area (Å²) in [4.78, 5) is 0.275. The van der Waals surface area contributed by atoms with Gasteiger partial charge < -0.3 is 5.32 Å². The monoisotopic (exact) mass is 259 g/mol. The smallest absolute Gasteiger partial charge is 0.178 e. The van der Waals surface area contributed by atoms with E-state index in [9.17, 15) is 8.42 Å². The molecule has 0 amide bonds. The highest BCUT2D eigenvalue weighted by Gasteiger charge is 2.16. The van der Waals surface area contributed by atoms with Gasteiger partial charge in [0.25, 0.3) is 0 Å². The molecule has 0 spiro atoms. The van der Waals surface area contributed by atoms with Gasteiger partial charge in [-0.3, -0.25) is 4.68 Å². The molecule has 0 saturated heterocycles. The summed E-state index contributed by atoms with van der Waals surface area (Å²) in [6.45, 7) is 4.99. The SMILES string of the molecule is CCC(C)C(Cn1cc(S(C)(=O)=O)cn1)NC. The van der Waals surface area contributed by atoms with E-state index in [4.69, 9.17) is 0 Å². The molecule has 1 aromatic heterocycles. The van der Waals surface area contributed by atoms with Crippen LogP contribution in [0, 0.1) is 5.92 Å². The van der Waals surface area contributed by atoms with Crippen LogP contribution in [-0.2, 0) is 16.4 Å². The van der Waals surface area contributed by atoms with E-state index in [1.807, 2.05) is 7.05 Å². The Kier molecular flexibility index (Phi) is 4.70. The predicted molar refractivity (Wildman–Crippen MR) is 67.6 cm³/mol. The third-order valence-corrected chi connectivity index (χ3v) is 4.19. The molecular weight excluding hydrogens is 238 g/mol. The first-order valence-corrected chi connectivity index (χ1v) is 7.67. The maximum Gasteiger partial charge on any atom is 0.178 e. The number of nitrogens with zero attached hydrogens (tertiary/aromatic N) is 2. The third kappa shape index (κ3) is 3.81. The number of nitrogens with one attached hydrogen (secondary N) is 1. The summed E-state index contributed by atoms with van der Waals surface area (Å²) >= 11 is 0. The summed E-state index contributed by atoms with van der Waals surface area (Å²) in [5.74, 6) is 0.519. The lowest BCUT2D eigenvalue weighted by Gasteiger charge is -2.22. The largest absolute Gasteiger partial charge is 0.315 e. The number of hydrogen-bond acceptors (Lipinski definition) is 4. The van der Waals surface area contributed by atoms with Gasteiger partial charge in [-0.25, -0.2) is 8.42 Å². The summed E-state index contributed by atoms with van der Waals surface area (Å²) in [7, 11) is -1.24. The Morgan fingerprint density at radius 2 is 2.18 bits per heavy atom. The van der Waals surface area contributed by atoms with Crippen LogP contribution in [0.3, 0.4) is 0 Å². The fraction of sp³-hybridized carbons (Fsp3) is 0.727. The molecule has 2 unspecified atom stereocenters. The van der Waals surface area contributed by atoms with Crippen LogP contribution in [0.4, 0.5) is 0 Å². The summed E-state index contributed by atoms with van der Waals surface area (Å²) in [5, 5.41) is 7.32. The maximum absolute atomic E-state index is 11.3. The normalized spacial score (nSPS) is 15.8. The van der Waals surface area contributed by atoms with E-state index in [2.05, 4.69) is 24.3 Å². The second-order valence-corrected chi connectivity index (χ2v) is 6.47. The second-order valence-electron chi connectivity index (χ2n) is 4.45. The molecule has 1 rings (SSSR count). The number of aromatic nitrogens is 2. The molecule has 0 radical (unpaired) electrons. The standard InChI is InChI=1S/C11H21N3O2S/c1-5-9(2)11(12-3)8-14-7-10(6-13-14)17(4,15)16/h6-7,9,11-12H,5,8H2,1-4H3. The van der Waals surface area contributed by atoms with Crippen molar-refractivity contribution >= 4 is 9.84 Å². The zero-order chi connectivity index (χ0) is 13.1. The highest BCUT2D eigenvalue weighted by molar-refractivity contribution is 7.90. The lowest BCUT2D eigenvalue weighted by Crippen LogP contribution is -2.36. The summed E-state index contributed by atoms with van der Waals surface area (Å²) in [6.07, 6.45) is 5.25. The third-order valence-electron chi connectivity index (χ3n) is 3.12. The van der Waals surface area contributed by atoms with Crippen molar-refractivity contribution in [3.05, 3.63) is 12.4 Å². The van der Waals surface area contributed by atoms with Crippen molar-refractivity contribution in [2.24, 2.45) is 5.92 Å². The Labute approximate surface area is 103 Å². The molecule has 6 heteroatoms. The molecule has 0 aliphatic rings. The Bertz CT molecular complexity index is 453. The van der Waals surface area contributed by atoms with Crippen molar-refractivity contribution in [3.63, 3.8) is 0 Å². The maximum atomic E-state index is 11.3. The zero-order valence-corrected chi connectivity index (χ0v) is 11.7. The van der Waals surface area contributed by atoms with Crippen LogP contribution in [0.2, 0.25) is 0 Å². The van der Waals surface area contributed by atoms with Crippen molar-refractivity contribution < 1.29 is 8.42 Å². The van der Waals surface area contributed by atoms with Crippen molar-refractivity contribution in [3.8, 4) is 0 Å². The minimum absolute atomic E-state index is 0.275. The van der Waals surface area contributed by atoms with E-state index < -0.39 is 9.84 Å². The Hall–Kier alpha value is -0.880. The molecule has 0 aliphatic carbocycles. The second kappa shape index (κ2) is 5.64. The Morgan fingerprint density at radius 3 is 2.59 bits per heavy atom. The highest BCUT2D eigenvalue weighted by Crippen LogP contribution is 2.11. The predicted octanol–water partition coefficient (Wildman–Crippen LogP) is 0.921. The molecule has 0 fully saturated rings. The molecule has 1 N–H and O–H groups in total. The van der Waals surface area contributed by atoms with Gasteiger partial charge in [0.15, 0.2) is 9.84 Å². The van der Waals surface area contributed by atoms with Crippen molar-refractivity contribution in [1.29, 1.82) is 0 Å². The van der Waals surface area contributed by atoms with E-state index in [0.717, 1.165) is 6.42 Å². The van der Waals surface area contributed by atoms with Gasteiger partial charge in [0.05, 0.1) is 12.7 Å². The topological polar surface area (TPSA) is 64.0 Å². The van der Waals surface area contributed by atoms with Gasteiger partial charge in [0.1, 0.15) is 4.90 Å². The van der Waals surface area contributed by atoms with Crippen molar-refractivity contribution in [2.45, 2.75) is 37.8 Å². The van der Waals surface area contributed by atoms with Crippen LogP contribution >= 0.6 is 0 Å². The fourth-order valence-corrected chi connectivity index (χ4v) is 2.23. The van der Waals surface area contributed by atoms with Crippen LogP contribution in [0.15, 0.2) is 17.3 Å². The minimum atomic E-state index is -3.15. The lowest BCUT2D eigenvalue weighted by molar-refractivity contribution is 0.336. The van der Waals surface area contributed by atoms with Gasteiger partial charge in [-0.15, -0.1) is 0 Å². The first kappa shape index (κ1) is 14.2. The van der Waals surface area contributed by atoms with Crippen LogP contribution < -0.4 is 5.32 Å². The molecule has 98 valence electrons. The Balaban J connectivity index is 2.78. The van der Waals surface area contributed by atoms with E-state index >= 15 is 0 Å². The zero-order valence-electron chi connectivity index (χ0n) is 10.8. The summed E-state index contributed by atoms with van der Waals surface area (Å²) < 4.78 is 24.3. The molecule has 1 aromatic rings.